The highest BCUT2D eigenvalue weighted by Crippen LogP contribution is 2.55. The lowest BCUT2D eigenvalue weighted by Gasteiger charge is -2.35. The summed E-state index contributed by atoms with van der Waals surface area (Å²) >= 11 is 2.24. The lowest BCUT2D eigenvalue weighted by atomic mass is 9.68. The highest BCUT2D eigenvalue weighted by molar-refractivity contribution is 14.1. The molecule has 110 valence electrons. The summed E-state index contributed by atoms with van der Waals surface area (Å²) in [7, 11) is 0. The van der Waals surface area contributed by atoms with Crippen LogP contribution in [-0.2, 0) is 5.41 Å². The zero-order valence-corrected chi connectivity index (χ0v) is 14.5. The minimum Gasteiger partial charge on any atom is -0.207 e. The van der Waals surface area contributed by atoms with E-state index in [0.29, 0.717) is 5.56 Å². The summed E-state index contributed by atoms with van der Waals surface area (Å²) in [6, 6.07) is 8.66. The van der Waals surface area contributed by atoms with Gasteiger partial charge < -0.3 is 0 Å². The first-order chi connectivity index (χ1) is 9.91. The van der Waals surface area contributed by atoms with Gasteiger partial charge in [0, 0.05) is 20.6 Å². The number of hydrogen-bond acceptors (Lipinski definition) is 0. The lowest BCUT2D eigenvalue weighted by molar-refractivity contribution is 0.364. The SMILES string of the molecule is CCC1(C(C)C)c2ccc(I)cc2-c2c(F)cc(F)cc21. The molecule has 0 aromatic heterocycles. The molecule has 0 nitrogen and oxygen atoms in total. The van der Waals surface area contributed by atoms with Gasteiger partial charge in [0.1, 0.15) is 11.6 Å². The molecule has 0 spiro atoms. The summed E-state index contributed by atoms with van der Waals surface area (Å²) < 4.78 is 29.4. The Labute approximate surface area is 137 Å². The van der Waals surface area contributed by atoms with Crippen LogP contribution in [0.4, 0.5) is 8.78 Å². The van der Waals surface area contributed by atoms with Gasteiger partial charge in [-0.2, -0.15) is 0 Å². The van der Waals surface area contributed by atoms with Crippen LogP contribution in [0.5, 0.6) is 0 Å². The second kappa shape index (κ2) is 5.04. The van der Waals surface area contributed by atoms with E-state index in [1.54, 1.807) is 0 Å². The fourth-order valence-electron chi connectivity index (χ4n) is 3.87. The Kier molecular flexibility index (Phi) is 3.59. The molecule has 3 rings (SSSR count). The molecular formula is C18H17F2I. The van der Waals surface area contributed by atoms with Crippen molar-refractivity contribution < 1.29 is 8.78 Å². The van der Waals surface area contributed by atoms with E-state index in [2.05, 4.69) is 49.4 Å². The van der Waals surface area contributed by atoms with Crippen LogP contribution in [0, 0.1) is 21.1 Å². The van der Waals surface area contributed by atoms with Crippen molar-refractivity contribution in [1.82, 2.24) is 0 Å². The van der Waals surface area contributed by atoms with E-state index in [-0.39, 0.29) is 11.3 Å². The highest BCUT2D eigenvalue weighted by Gasteiger charge is 2.45. The van der Waals surface area contributed by atoms with E-state index in [1.165, 1.54) is 6.07 Å². The summed E-state index contributed by atoms with van der Waals surface area (Å²) in [6.07, 6.45) is 0.828. The van der Waals surface area contributed by atoms with Gasteiger partial charge in [-0.3, -0.25) is 0 Å². The largest absolute Gasteiger partial charge is 0.207 e. The molecular weight excluding hydrogens is 381 g/mol. The minimum absolute atomic E-state index is 0.267. The van der Waals surface area contributed by atoms with E-state index in [9.17, 15) is 8.78 Å². The molecule has 1 aliphatic rings. The van der Waals surface area contributed by atoms with Crippen molar-refractivity contribution in [1.29, 1.82) is 0 Å². The van der Waals surface area contributed by atoms with Crippen LogP contribution < -0.4 is 0 Å². The van der Waals surface area contributed by atoms with Gasteiger partial charge in [0.15, 0.2) is 0 Å². The number of hydrogen-bond donors (Lipinski definition) is 0. The summed E-state index contributed by atoms with van der Waals surface area (Å²) in [5, 5.41) is 0. The van der Waals surface area contributed by atoms with Crippen molar-refractivity contribution in [2.45, 2.75) is 32.6 Å². The molecule has 0 N–H and O–H groups in total. The molecule has 3 heteroatoms. The summed E-state index contributed by atoms with van der Waals surface area (Å²) in [5.41, 5.74) is 3.12. The third-order valence-electron chi connectivity index (χ3n) is 4.81. The maximum Gasteiger partial charge on any atom is 0.134 e. The molecule has 0 heterocycles. The van der Waals surface area contributed by atoms with Crippen molar-refractivity contribution in [2.75, 3.05) is 0 Å². The molecule has 21 heavy (non-hydrogen) atoms. The van der Waals surface area contributed by atoms with Gasteiger partial charge in [-0.05, 0) is 69.8 Å². The Bertz CT molecular complexity index is 721. The maximum absolute atomic E-state index is 14.5. The first-order valence-electron chi connectivity index (χ1n) is 7.21. The molecule has 1 aliphatic carbocycles. The quantitative estimate of drug-likeness (QED) is 0.553. The molecule has 2 aromatic rings. The van der Waals surface area contributed by atoms with Gasteiger partial charge in [-0.1, -0.05) is 26.8 Å². The fourth-order valence-corrected chi connectivity index (χ4v) is 4.36. The van der Waals surface area contributed by atoms with Gasteiger partial charge in [-0.25, -0.2) is 8.78 Å². The van der Waals surface area contributed by atoms with E-state index >= 15 is 0 Å². The first-order valence-corrected chi connectivity index (χ1v) is 8.29. The smallest absolute Gasteiger partial charge is 0.134 e. The van der Waals surface area contributed by atoms with Crippen molar-refractivity contribution in [3.8, 4) is 11.1 Å². The van der Waals surface area contributed by atoms with Crippen molar-refractivity contribution in [3.05, 3.63) is 56.7 Å². The van der Waals surface area contributed by atoms with Crippen LogP contribution in [0.2, 0.25) is 0 Å². The molecule has 2 aromatic carbocycles. The normalized spacial score (nSPS) is 19.8. The molecule has 0 radical (unpaired) electrons. The van der Waals surface area contributed by atoms with Crippen LogP contribution in [-0.4, -0.2) is 0 Å². The van der Waals surface area contributed by atoms with Crippen molar-refractivity contribution in [3.63, 3.8) is 0 Å². The third-order valence-corrected chi connectivity index (χ3v) is 5.48. The Balaban J connectivity index is 2.46. The van der Waals surface area contributed by atoms with Gasteiger partial charge in [0.25, 0.3) is 0 Å². The molecule has 1 unspecified atom stereocenters. The molecule has 0 fully saturated rings. The summed E-state index contributed by atoms with van der Waals surface area (Å²) in [4.78, 5) is 0. The zero-order valence-electron chi connectivity index (χ0n) is 12.3. The van der Waals surface area contributed by atoms with Crippen molar-refractivity contribution >= 4 is 22.6 Å². The Morgan fingerprint density at radius 3 is 2.43 bits per heavy atom. The predicted molar refractivity (Wildman–Crippen MR) is 90.4 cm³/mol. The highest BCUT2D eigenvalue weighted by atomic mass is 127. The molecule has 0 saturated heterocycles. The number of fused-ring (bicyclic) bond motifs is 3. The molecule has 0 aliphatic heterocycles. The standard InChI is InChI=1S/C18H17F2I/c1-4-18(10(2)3)14-6-5-12(21)9-13(14)17-15(18)7-11(19)8-16(17)20/h5-10H,4H2,1-3H3. The van der Waals surface area contributed by atoms with Crippen molar-refractivity contribution in [2.24, 2.45) is 5.92 Å². The molecule has 0 saturated carbocycles. The summed E-state index contributed by atoms with van der Waals surface area (Å²) in [6.45, 7) is 6.35. The van der Waals surface area contributed by atoms with Crippen LogP contribution in [0.1, 0.15) is 38.3 Å². The Morgan fingerprint density at radius 2 is 1.81 bits per heavy atom. The van der Waals surface area contributed by atoms with Gasteiger partial charge in [0.05, 0.1) is 0 Å². The second-order valence-corrected chi connectivity index (χ2v) is 7.23. The average Bonchev–Trinajstić information content (AvgIpc) is 2.68. The van der Waals surface area contributed by atoms with Crippen LogP contribution in [0.3, 0.4) is 0 Å². The van der Waals surface area contributed by atoms with E-state index in [4.69, 9.17) is 0 Å². The van der Waals surface area contributed by atoms with Gasteiger partial charge in [0.2, 0.25) is 0 Å². The minimum atomic E-state index is -0.493. The molecule has 0 amide bonds. The van der Waals surface area contributed by atoms with E-state index in [0.717, 1.165) is 32.7 Å². The number of benzene rings is 2. The van der Waals surface area contributed by atoms with Crippen LogP contribution >= 0.6 is 22.6 Å². The third kappa shape index (κ3) is 1.96. The second-order valence-electron chi connectivity index (χ2n) is 5.98. The fraction of sp³-hybridized carbons (Fsp3) is 0.333. The number of halogens is 3. The van der Waals surface area contributed by atoms with E-state index < -0.39 is 11.6 Å². The topological polar surface area (TPSA) is 0 Å². The van der Waals surface area contributed by atoms with Gasteiger partial charge in [-0.15, -0.1) is 0 Å². The molecule has 1 atom stereocenters. The predicted octanol–water partition coefficient (Wildman–Crippen LogP) is 5.90. The monoisotopic (exact) mass is 398 g/mol. The molecule has 0 bridgehead atoms. The average molecular weight is 398 g/mol. The first kappa shape index (κ1) is 14.9. The van der Waals surface area contributed by atoms with Crippen LogP contribution in [0.15, 0.2) is 30.3 Å². The van der Waals surface area contributed by atoms with E-state index in [1.807, 2.05) is 12.1 Å². The number of rotatable bonds is 2. The van der Waals surface area contributed by atoms with Crippen LogP contribution in [0.25, 0.3) is 11.1 Å². The maximum atomic E-state index is 14.5. The summed E-state index contributed by atoms with van der Waals surface area (Å²) in [5.74, 6) is -0.680. The lowest BCUT2D eigenvalue weighted by Crippen LogP contribution is -2.31. The Hall–Kier alpha value is -0.970. The van der Waals surface area contributed by atoms with Gasteiger partial charge >= 0.3 is 0 Å². The Morgan fingerprint density at radius 1 is 1.10 bits per heavy atom. The zero-order chi connectivity index (χ0) is 15.4.